The highest BCUT2D eigenvalue weighted by Crippen LogP contribution is 2.29. The molecule has 0 aromatic carbocycles. The summed E-state index contributed by atoms with van der Waals surface area (Å²) in [5, 5.41) is 0. The van der Waals surface area contributed by atoms with E-state index in [-0.39, 0.29) is 5.95 Å². The molecule has 2 aromatic heterocycles. The van der Waals surface area contributed by atoms with Gasteiger partial charge < -0.3 is 5.73 Å². The van der Waals surface area contributed by atoms with Crippen molar-refractivity contribution >= 4 is 5.95 Å². The minimum Gasteiger partial charge on any atom is -0.368 e. The molecular weight excluding hydrogens is 240 g/mol. The van der Waals surface area contributed by atoms with Gasteiger partial charge in [-0.1, -0.05) is 6.07 Å². The van der Waals surface area contributed by atoms with Crippen LogP contribution in [-0.2, 0) is 0 Å². The van der Waals surface area contributed by atoms with Gasteiger partial charge in [0.1, 0.15) is 12.7 Å². The number of likely N-dealkylation sites (tertiary alicyclic amines) is 1. The smallest absolute Gasteiger partial charge is 0.222 e. The maximum atomic E-state index is 5.10. The van der Waals surface area contributed by atoms with Gasteiger partial charge in [0.05, 0.1) is 0 Å². The third kappa shape index (κ3) is 3.96. The van der Waals surface area contributed by atoms with Crippen LogP contribution in [0.4, 0.5) is 5.95 Å². The third-order valence-corrected chi connectivity index (χ3v) is 3.10. The summed E-state index contributed by atoms with van der Waals surface area (Å²) < 4.78 is 0. The van der Waals surface area contributed by atoms with Crippen LogP contribution in [0.5, 0.6) is 0 Å². The summed E-state index contributed by atoms with van der Waals surface area (Å²) >= 11 is 0. The summed E-state index contributed by atoms with van der Waals surface area (Å²) in [6.45, 7) is 1.22. The Balaban J connectivity index is 0.000000163. The van der Waals surface area contributed by atoms with Crippen LogP contribution in [0.3, 0.4) is 0 Å². The molecule has 1 saturated heterocycles. The van der Waals surface area contributed by atoms with E-state index in [1.165, 1.54) is 37.6 Å². The van der Waals surface area contributed by atoms with E-state index in [4.69, 9.17) is 5.73 Å². The second-order valence-corrected chi connectivity index (χ2v) is 4.42. The quantitative estimate of drug-likeness (QED) is 0.830. The van der Waals surface area contributed by atoms with Crippen molar-refractivity contribution in [3.8, 4) is 0 Å². The zero-order valence-corrected chi connectivity index (χ0v) is 11.0. The molecule has 19 heavy (non-hydrogen) atoms. The largest absolute Gasteiger partial charge is 0.368 e. The van der Waals surface area contributed by atoms with Crippen molar-refractivity contribution in [2.75, 3.05) is 19.3 Å². The van der Waals surface area contributed by atoms with E-state index in [1.807, 2.05) is 18.5 Å². The summed E-state index contributed by atoms with van der Waals surface area (Å²) in [4.78, 5) is 17.1. The van der Waals surface area contributed by atoms with Crippen LogP contribution in [0.25, 0.3) is 0 Å². The van der Waals surface area contributed by atoms with Crippen molar-refractivity contribution < 1.29 is 0 Å². The Labute approximate surface area is 112 Å². The summed E-state index contributed by atoms with van der Waals surface area (Å²) in [6, 6.07) is 4.79. The Hall–Kier alpha value is -2.08. The number of hydrogen-bond acceptors (Lipinski definition) is 6. The number of nitrogens with two attached hydrogens (primary N) is 1. The Morgan fingerprint density at radius 3 is 2.53 bits per heavy atom. The number of anilines is 1. The zero-order valence-electron chi connectivity index (χ0n) is 11.0. The standard InChI is InChI=1S/C10H14N2.C3H4N4/c1-12-7-3-5-10(12)9-4-2-6-11-8-9;4-3-6-1-5-2-7-3/h2,4,6,8,10H,3,5,7H2,1H3;1-2H,(H2,4,5,6,7). The topological polar surface area (TPSA) is 80.8 Å². The molecule has 2 aromatic rings. The molecule has 6 heteroatoms. The predicted molar refractivity (Wildman–Crippen MR) is 73.1 cm³/mol. The Kier molecular flexibility index (Phi) is 4.74. The Morgan fingerprint density at radius 2 is 2.05 bits per heavy atom. The molecule has 0 bridgehead atoms. The molecule has 0 amide bonds. The fraction of sp³-hybridized carbons (Fsp3) is 0.385. The Morgan fingerprint density at radius 1 is 1.26 bits per heavy atom. The monoisotopic (exact) mass is 258 g/mol. The summed E-state index contributed by atoms with van der Waals surface area (Å²) in [5.41, 5.74) is 6.45. The highest BCUT2D eigenvalue weighted by atomic mass is 15.1. The average Bonchev–Trinajstić information content (AvgIpc) is 2.88. The van der Waals surface area contributed by atoms with Crippen LogP contribution in [0.15, 0.2) is 37.2 Å². The minimum absolute atomic E-state index is 0.259. The molecule has 3 heterocycles. The molecule has 3 rings (SSSR count). The van der Waals surface area contributed by atoms with Crippen molar-refractivity contribution in [1.82, 2.24) is 24.8 Å². The van der Waals surface area contributed by atoms with Crippen LogP contribution in [0, 0.1) is 0 Å². The molecule has 1 unspecified atom stereocenters. The molecule has 1 atom stereocenters. The minimum atomic E-state index is 0.259. The normalized spacial score (nSPS) is 18.7. The number of aromatic nitrogens is 4. The van der Waals surface area contributed by atoms with Gasteiger partial charge in [0, 0.05) is 18.4 Å². The molecular formula is C13H18N6. The van der Waals surface area contributed by atoms with Crippen LogP contribution in [0.2, 0.25) is 0 Å². The number of nitrogen functional groups attached to an aromatic ring is 1. The molecule has 0 aliphatic carbocycles. The van der Waals surface area contributed by atoms with Gasteiger partial charge in [-0.3, -0.25) is 9.88 Å². The van der Waals surface area contributed by atoms with Gasteiger partial charge in [-0.05, 0) is 38.1 Å². The SMILES string of the molecule is CN1CCCC1c1cccnc1.Nc1ncncn1. The van der Waals surface area contributed by atoms with Crippen molar-refractivity contribution in [3.05, 3.63) is 42.7 Å². The fourth-order valence-corrected chi connectivity index (χ4v) is 2.15. The molecule has 0 saturated carbocycles. The van der Waals surface area contributed by atoms with Crippen LogP contribution < -0.4 is 5.73 Å². The molecule has 1 aliphatic rings. The first-order valence-electron chi connectivity index (χ1n) is 6.25. The molecule has 2 N–H and O–H groups in total. The molecule has 6 nitrogen and oxygen atoms in total. The maximum absolute atomic E-state index is 5.10. The number of pyridine rings is 1. The van der Waals surface area contributed by atoms with E-state index < -0.39 is 0 Å². The van der Waals surface area contributed by atoms with E-state index in [0.717, 1.165) is 0 Å². The van der Waals surface area contributed by atoms with E-state index in [1.54, 1.807) is 0 Å². The average molecular weight is 258 g/mol. The number of nitrogens with zero attached hydrogens (tertiary/aromatic N) is 5. The summed E-state index contributed by atoms with van der Waals surface area (Å²) in [6.07, 6.45) is 9.11. The van der Waals surface area contributed by atoms with E-state index in [9.17, 15) is 0 Å². The Bertz CT molecular complexity index is 475. The second-order valence-electron chi connectivity index (χ2n) is 4.42. The molecule has 0 radical (unpaired) electrons. The first kappa shape index (κ1) is 13.4. The fourth-order valence-electron chi connectivity index (χ4n) is 2.15. The highest BCUT2D eigenvalue weighted by Gasteiger charge is 2.21. The summed E-state index contributed by atoms with van der Waals surface area (Å²) in [5.74, 6) is 0.259. The van der Waals surface area contributed by atoms with Gasteiger partial charge in [-0.2, -0.15) is 0 Å². The van der Waals surface area contributed by atoms with Gasteiger partial charge in [0.25, 0.3) is 0 Å². The lowest BCUT2D eigenvalue weighted by molar-refractivity contribution is 0.317. The van der Waals surface area contributed by atoms with Crippen LogP contribution in [0.1, 0.15) is 24.4 Å². The first-order valence-corrected chi connectivity index (χ1v) is 6.25. The molecule has 1 fully saturated rings. The van der Waals surface area contributed by atoms with Gasteiger partial charge in [-0.25, -0.2) is 15.0 Å². The third-order valence-electron chi connectivity index (χ3n) is 3.10. The molecule has 0 spiro atoms. The lowest BCUT2D eigenvalue weighted by Gasteiger charge is -2.18. The predicted octanol–water partition coefficient (Wildman–Crippen LogP) is 1.30. The maximum Gasteiger partial charge on any atom is 0.222 e. The van der Waals surface area contributed by atoms with Crippen molar-refractivity contribution in [2.45, 2.75) is 18.9 Å². The van der Waals surface area contributed by atoms with Gasteiger partial charge >= 0.3 is 0 Å². The molecule has 1 aliphatic heterocycles. The molecule has 100 valence electrons. The van der Waals surface area contributed by atoms with E-state index in [0.29, 0.717) is 6.04 Å². The van der Waals surface area contributed by atoms with Gasteiger partial charge in [-0.15, -0.1) is 0 Å². The second kappa shape index (κ2) is 6.75. The van der Waals surface area contributed by atoms with Crippen molar-refractivity contribution in [1.29, 1.82) is 0 Å². The first-order chi connectivity index (χ1) is 9.27. The highest BCUT2D eigenvalue weighted by molar-refractivity contribution is 5.14. The van der Waals surface area contributed by atoms with Gasteiger partial charge in [0.15, 0.2) is 0 Å². The number of hydrogen-bond donors (Lipinski definition) is 1. The lowest BCUT2D eigenvalue weighted by atomic mass is 10.1. The van der Waals surface area contributed by atoms with Gasteiger partial charge in [0.2, 0.25) is 5.95 Å². The van der Waals surface area contributed by atoms with Crippen molar-refractivity contribution in [2.24, 2.45) is 0 Å². The van der Waals surface area contributed by atoms with E-state index in [2.05, 4.69) is 37.9 Å². The lowest BCUT2D eigenvalue weighted by Crippen LogP contribution is -2.17. The zero-order chi connectivity index (χ0) is 13.5. The van der Waals surface area contributed by atoms with E-state index >= 15 is 0 Å². The summed E-state index contributed by atoms with van der Waals surface area (Å²) in [7, 11) is 2.19. The number of rotatable bonds is 1. The van der Waals surface area contributed by atoms with Crippen LogP contribution in [-0.4, -0.2) is 38.4 Å². The van der Waals surface area contributed by atoms with Crippen LogP contribution >= 0.6 is 0 Å². The van der Waals surface area contributed by atoms with Crippen molar-refractivity contribution in [3.63, 3.8) is 0 Å².